The minimum Gasteiger partial charge on any atom is -0.395 e. The molecule has 2 aromatic carbocycles. The Labute approximate surface area is 237 Å². The van der Waals surface area contributed by atoms with E-state index in [0.29, 0.717) is 61.2 Å². The number of alkyl halides is 3. The molecule has 1 atom stereocenters. The summed E-state index contributed by atoms with van der Waals surface area (Å²) in [6, 6.07) is 9.68. The van der Waals surface area contributed by atoms with Crippen LogP contribution in [0, 0.1) is 5.82 Å². The fourth-order valence-corrected chi connectivity index (χ4v) is 5.43. The lowest BCUT2D eigenvalue weighted by Gasteiger charge is -2.37. The minimum absolute atomic E-state index is 0.0517. The summed E-state index contributed by atoms with van der Waals surface area (Å²) >= 11 is 6.21. The highest BCUT2D eigenvalue weighted by Crippen LogP contribution is 2.31. The predicted octanol–water partition coefficient (Wildman–Crippen LogP) is 4.35. The highest BCUT2D eigenvalue weighted by atomic mass is 35.5. The molecule has 4 rings (SSSR count). The van der Waals surface area contributed by atoms with Crippen molar-refractivity contribution < 1.29 is 27.5 Å². The van der Waals surface area contributed by atoms with Crippen molar-refractivity contribution >= 4 is 28.9 Å². The summed E-state index contributed by atoms with van der Waals surface area (Å²) in [5.41, 5.74) is 1.71. The number of rotatable bonds is 11. The van der Waals surface area contributed by atoms with Crippen molar-refractivity contribution in [1.29, 1.82) is 0 Å². The molecule has 220 valence electrons. The van der Waals surface area contributed by atoms with Crippen LogP contribution in [-0.2, 0) is 6.54 Å². The first-order chi connectivity index (χ1) is 19.1. The second-order valence-electron chi connectivity index (χ2n) is 10.3. The van der Waals surface area contributed by atoms with E-state index in [1.807, 2.05) is 4.90 Å². The molecule has 3 N–H and O–H groups in total. The van der Waals surface area contributed by atoms with E-state index in [2.05, 4.69) is 15.5 Å². The van der Waals surface area contributed by atoms with Gasteiger partial charge in [-0.1, -0.05) is 17.7 Å². The number of carbonyl (C=O) groups excluding carboxylic acids is 1. The fourth-order valence-electron chi connectivity index (χ4n) is 5.26. The number of likely N-dealkylation sites (tertiary alicyclic amines) is 1. The number of aliphatic hydroxyl groups is 1. The minimum atomic E-state index is -4.19. The molecule has 0 saturated carbocycles. The number of hydrogen-bond acceptors (Lipinski definition) is 6. The van der Waals surface area contributed by atoms with E-state index in [1.165, 1.54) is 12.1 Å². The van der Waals surface area contributed by atoms with Crippen LogP contribution in [0.1, 0.15) is 35.2 Å². The summed E-state index contributed by atoms with van der Waals surface area (Å²) in [5, 5.41) is 15.9. The quantitative estimate of drug-likeness (QED) is 0.269. The standard InChI is InChI=1S/C28H36ClF4N5O2/c29-21-4-6-25(26(17-21)38-14-12-36(13-15-38)10-7-28(31,32)33)35-27(40)23-5-3-20(16-24(23)30)18-34-8-11-37-9-1-2-22(37)19-39/h3-6,16-17,22,34,39H,1-2,7-15,18-19H2,(H,35,40). The van der Waals surface area contributed by atoms with E-state index < -0.39 is 24.3 Å². The lowest BCUT2D eigenvalue weighted by Crippen LogP contribution is -2.47. The van der Waals surface area contributed by atoms with Gasteiger partial charge < -0.3 is 20.6 Å². The maximum atomic E-state index is 14.9. The van der Waals surface area contributed by atoms with Crippen LogP contribution in [0.2, 0.25) is 5.02 Å². The topological polar surface area (TPSA) is 71.1 Å². The number of piperazine rings is 1. The fraction of sp³-hybridized carbons (Fsp3) is 0.536. The van der Waals surface area contributed by atoms with Crippen LogP contribution in [0.3, 0.4) is 0 Å². The molecule has 2 fully saturated rings. The first kappa shape index (κ1) is 30.5. The number of benzene rings is 2. The molecule has 40 heavy (non-hydrogen) atoms. The number of amides is 1. The van der Waals surface area contributed by atoms with Gasteiger partial charge >= 0.3 is 6.18 Å². The summed E-state index contributed by atoms with van der Waals surface area (Å²) in [6.07, 6.45) is -2.95. The summed E-state index contributed by atoms with van der Waals surface area (Å²) in [6.45, 7) is 4.87. The normalized spacial score (nSPS) is 18.9. The van der Waals surface area contributed by atoms with Crippen LogP contribution in [0.25, 0.3) is 0 Å². The van der Waals surface area contributed by atoms with Crippen LogP contribution >= 0.6 is 11.6 Å². The number of anilines is 2. The zero-order valence-corrected chi connectivity index (χ0v) is 23.1. The molecule has 0 radical (unpaired) electrons. The average Bonchev–Trinajstić information content (AvgIpc) is 3.38. The van der Waals surface area contributed by atoms with E-state index in [4.69, 9.17) is 11.6 Å². The molecule has 1 unspecified atom stereocenters. The van der Waals surface area contributed by atoms with Crippen molar-refractivity contribution in [2.45, 2.75) is 38.0 Å². The van der Waals surface area contributed by atoms with Gasteiger partial charge in [0.2, 0.25) is 0 Å². The van der Waals surface area contributed by atoms with E-state index in [-0.39, 0.29) is 24.8 Å². The third kappa shape index (κ3) is 8.53. The number of nitrogens with one attached hydrogen (secondary N) is 2. The summed E-state index contributed by atoms with van der Waals surface area (Å²) < 4.78 is 52.7. The number of nitrogens with zero attached hydrogens (tertiary/aromatic N) is 3. The average molecular weight is 586 g/mol. The van der Waals surface area contributed by atoms with Gasteiger partial charge in [-0.05, 0) is 55.3 Å². The molecule has 0 bridgehead atoms. The maximum absolute atomic E-state index is 14.9. The molecule has 0 aliphatic carbocycles. The molecule has 2 heterocycles. The van der Waals surface area contributed by atoms with Crippen molar-refractivity contribution in [3.63, 3.8) is 0 Å². The summed E-state index contributed by atoms with van der Waals surface area (Å²) in [7, 11) is 0. The van der Waals surface area contributed by atoms with Gasteiger partial charge in [0.1, 0.15) is 5.82 Å². The molecule has 1 amide bonds. The zero-order chi connectivity index (χ0) is 28.7. The summed E-state index contributed by atoms with van der Waals surface area (Å²) in [4.78, 5) is 19.0. The predicted molar refractivity (Wildman–Crippen MR) is 149 cm³/mol. The van der Waals surface area contributed by atoms with Gasteiger partial charge in [-0.15, -0.1) is 0 Å². The monoisotopic (exact) mass is 585 g/mol. The Bertz CT molecular complexity index is 1140. The molecule has 2 aliphatic rings. The Morgan fingerprint density at radius 1 is 1.05 bits per heavy atom. The van der Waals surface area contributed by atoms with Crippen molar-refractivity contribution in [2.24, 2.45) is 0 Å². The number of carbonyl (C=O) groups is 1. The largest absolute Gasteiger partial charge is 0.395 e. The first-order valence-electron chi connectivity index (χ1n) is 13.6. The Morgan fingerprint density at radius 2 is 1.82 bits per heavy atom. The molecule has 2 saturated heterocycles. The Kier molecular flexibility index (Phi) is 10.6. The van der Waals surface area contributed by atoms with Gasteiger partial charge in [0.15, 0.2) is 0 Å². The Hall–Kier alpha value is -2.44. The van der Waals surface area contributed by atoms with E-state index in [1.54, 1.807) is 29.2 Å². The van der Waals surface area contributed by atoms with Gasteiger partial charge in [0.05, 0.1) is 30.0 Å². The van der Waals surface area contributed by atoms with Gasteiger partial charge in [0, 0.05) is 63.4 Å². The van der Waals surface area contributed by atoms with Crippen LogP contribution in [0.15, 0.2) is 36.4 Å². The molecule has 2 aliphatic heterocycles. The molecule has 0 spiro atoms. The van der Waals surface area contributed by atoms with Gasteiger partial charge in [-0.3, -0.25) is 14.6 Å². The van der Waals surface area contributed by atoms with Gasteiger partial charge in [-0.2, -0.15) is 13.2 Å². The van der Waals surface area contributed by atoms with Crippen molar-refractivity contribution in [3.05, 3.63) is 58.4 Å². The molecule has 7 nitrogen and oxygen atoms in total. The number of hydrogen-bond donors (Lipinski definition) is 3. The van der Waals surface area contributed by atoms with Crippen LogP contribution in [0.4, 0.5) is 28.9 Å². The second kappa shape index (κ2) is 14.0. The van der Waals surface area contributed by atoms with Crippen molar-refractivity contribution in [3.8, 4) is 0 Å². The zero-order valence-electron chi connectivity index (χ0n) is 22.3. The Balaban J connectivity index is 1.32. The van der Waals surface area contributed by atoms with Gasteiger partial charge in [-0.25, -0.2) is 4.39 Å². The Morgan fingerprint density at radius 3 is 2.52 bits per heavy atom. The molecule has 0 aromatic heterocycles. The van der Waals surface area contributed by atoms with E-state index in [0.717, 1.165) is 25.9 Å². The SMILES string of the molecule is O=C(Nc1ccc(Cl)cc1N1CCN(CCC(F)(F)F)CC1)c1ccc(CNCCN2CCCC2CO)cc1F. The third-order valence-corrected chi connectivity index (χ3v) is 7.76. The third-order valence-electron chi connectivity index (χ3n) is 7.53. The smallest absolute Gasteiger partial charge is 0.390 e. The van der Waals surface area contributed by atoms with Crippen molar-refractivity contribution in [2.75, 3.05) is 69.2 Å². The highest BCUT2D eigenvalue weighted by molar-refractivity contribution is 6.31. The van der Waals surface area contributed by atoms with E-state index >= 15 is 0 Å². The lowest BCUT2D eigenvalue weighted by atomic mass is 10.1. The van der Waals surface area contributed by atoms with Crippen LogP contribution in [0.5, 0.6) is 0 Å². The molecule has 12 heteroatoms. The van der Waals surface area contributed by atoms with Gasteiger partial charge in [0.25, 0.3) is 5.91 Å². The van der Waals surface area contributed by atoms with Crippen molar-refractivity contribution in [1.82, 2.24) is 15.1 Å². The number of aliphatic hydroxyl groups excluding tert-OH is 1. The van der Waals surface area contributed by atoms with E-state index in [9.17, 15) is 27.5 Å². The molecular weight excluding hydrogens is 550 g/mol. The molecule has 2 aromatic rings. The first-order valence-corrected chi connectivity index (χ1v) is 14.0. The highest BCUT2D eigenvalue weighted by Gasteiger charge is 2.29. The number of halogens is 5. The van der Waals surface area contributed by atoms with Crippen LogP contribution < -0.4 is 15.5 Å². The molecular formula is C28H36ClF4N5O2. The maximum Gasteiger partial charge on any atom is 0.390 e. The lowest BCUT2D eigenvalue weighted by molar-refractivity contribution is -0.138. The summed E-state index contributed by atoms with van der Waals surface area (Å²) in [5.74, 6) is -1.24. The van der Waals surface area contributed by atoms with Crippen LogP contribution in [-0.4, -0.2) is 92.0 Å². The second-order valence-corrected chi connectivity index (χ2v) is 10.8.